The summed E-state index contributed by atoms with van der Waals surface area (Å²) in [5.74, 6) is -0.805. The first-order valence-electron chi connectivity index (χ1n) is 4.66. The Labute approximate surface area is 78.3 Å². The maximum Gasteiger partial charge on any atom is 0.326 e. The third-order valence-electron chi connectivity index (χ3n) is 2.22. The summed E-state index contributed by atoms with van der Waals surface area (Å²) in [4.78, 5) is 11.1. The Balaban J connectivity index is 2.67. The van der Waals surface area contributed by atoms with Gasteiger partial charge in [0.15, 0.2) is 0 Å². The van der Waals surface area contributed by atoms with E-state index >= 15 is 0 Å². The van der Waals surface area contributed by atoms with Crippen molar-refractivity contribution in [1.29, 1.82) is 0 Å². The van der Waals surface area contributed by atoms with Gasteiger partial charge in [-0.15, -0.1) is 0 Å². The van der Waals surface area contributed by atoms with Crippen LogP contribution in [0.1, 0.15) is 26.7 Å². The fraction of sp³-hybridized carbons (Fsp3) is 0.889. The molecule has 0 spiro atoms. The average Bonchev–Trinajstić information content (AvgIpc) is 2.04. The van der Waals surface area contributed by atoms with Crippen LogP contribution < -0.4 is 5.32 Å². The van der Waals surface area contributed by atoms with E-state index in [2.05, 4.69) is 5.32 Å². The van der Waals surface area contributed by atoms with Gasteiger partial charge in [-0.05, 0) is 26.7 Å². The molecule has 1 saturated heterocycles. The fourth-order valence-electron chi connectivity index (χ4n) is 1.69. The van der Waals surface area contributed by atoms with E-state index in [4.69, 9.17) is 9.84 Å². The monoisotopic (exact) mass is 187 g/mol. The van der Waals surface area contributed by atoms with E-state index in [1.165, 1.54) is 0 Å². The van der Waals surface area contributed by atoms with Crippen molar-refractivity contribution in [3.63, 3.8) is 0 Å². The van der Waals surface area contributed by atoms with Crippen molar-refractivity contribution >= 4 is 5.97 Å². The zero-order valence-corrected chi connectivity index (χ0v) is 8.17. The van der Waals surface area contributed by atoms with Crippen LogP contribution in [0.15, 0.2) is 0 Å². The van der Waals surface area contributed by atoms with Gasteiger partial charge in [0.05, 0.1) is 6.61 Å². The van der Waals surface area contributed by atoms with Crippen molar-refractivity contribution in [3.8, 4) is 0 Å². The summed E-state index contributed by atoms with van der Waals surface area (Å²) in [6.45, 7) is 4.84. The van der Waals surface area contributed by atoms with Crippen LogP contribution in [0.3, 0.4) is 0 Å². The van der Waals surface area contributed by atoms with Gasteiger partial charge in [0, 0.05) is 12.6 Å². The highest BCUT2D eigenvalue weighted by atomic mass is 16.5. The van der Waals surface area contributed by atoms with E-state index in [1.807, 2.05) is 13.8 Å². The summed E-state index contributed by atoms with van der Waals surface area (Å²) in [7, 11) is 0. The Bertz CT molecular complexity index is 185. The highest BCUT2D eigenvalue weighted by Gasteiger charge is 2.40. The van der Waals surface area contributed by atoms with Crippen molar-refractivity contribution in [2.24, 2.45) is 0 Å². The molecule has 4 heteroatoms. The molecule has 2 N–H and O–H groups in total. The Hall–Kier alpha value is -0.610. The quantitative estimate of drug-likeness (QED) is 0.680. The van der Waals surface area contributed by atoms with E-state index in [0.29, 0.717) is 13.0 Å². The lowest BCUT2D eigenvalue weighted by molar-refractivity contribution is -0.151. The number of rotatable bonds is 3. The molecule has 76 valence electrons. The van der Waals surface area contributed by atoms with Crippen LogP contribution in [0.5, 0.6) is 0 Å². The molecule has 0 aromatic rings. The Morgan fingerprint density at radius 1 is 1.62 bits per heavy atom. The van der Waals surface area contributed by atoms with E-state index in [1.54, 1.807) is 0 Å². The minimum absolute atomic E-state index is 0.165. The molecular formula is C9H17NO3. The van der Waals surface area contributed by atoms with Crippen molar-refractivity contribution in [2.45, 2.75) is 38.3 Å². The lowest BCUT2D eigenvalue weighted by Gasteiger charge is -2.35. The van der Waals surface area contributed by atoms with Crippen molar-refractivity contribution < 1.29 is 14.6 Å². The minimum atomic E-state index is -0.855. The molecule has 0 aliphatic carbocycles. The van der Waals surface area contributed by atoms with E-state index < -0.39 is 11.5 Å². The first-order chi connectivity index (χ1) is 6.07. The highest BCUT2D eigenvalue weighted by molar-refractivity contribution is 5.79. The molecule has 0 radical (unpaired) electrons. The van der Waals surface area contributed by atoms with Gasteiger partial charge in [-0.25, -0.2) is 0 Å². The van der Waals surface area contributed by atoms with Crippen LogP contribution in [0, 0.1) is 0 Å². The van der Waals surface area contributed by atoms with Gasteiger partial charge in [0.2, 0.25) is 0 Å². The van der Waals surface area contributed by atoms with Gasteiger partial charge in [0.1, 0.15) is 5.54 Å². The largest absolute Gasteiger partial charge is 0.480 e. The molecule has 1 heterocycles. The molecule has 1 atom stereocenters. The molecule has 0 amide bonds. The predicted octanol–water partition coefficient (Wildman–Crippen LogP) is 0.618. The summed E-state index contributed by atoms with van der Waals surface area (Å²) < 4.78 is 5.20. The summed E-state index contributed by atoms with van der Waals surface area (Å²) >= 11 is 0. The second-order valence-corrected chi connectivity index (χ2v) is 3.84. The lowest BCUT2D eigenvalue weighted by atomic mass is 9.92. The standard InChI is InChI=1S/C9H17NO3/c1-7(2)10-9(8(11)12)4-3-5-13-6-9/h7,10H,3-6H2,1-2H3,(H,11,12). The second kappa shape index (κ2) is 4.07. The SMILES string of the molecule is CC(C)NC1(C(=O)O)CCCOC1. The molecule has 0 aromatic carbocycles. The summed E-state index contributed by atoms with van der Waals surface area (Å²) in [5.41, 5.74) is -0.855. The Morgan fingerprint density at radius 3 is 2.69 bits per heavy atom. The number of carboxylic acid groups (broad SMARTS) is 1. The van der Waals surface area contributed by atoms with Gasteiger partial charge >= 0.3 is 5.97 Å². The molecule has 1 unspecified atom stereocenters. The Morgan fingerprint density at radius 2 is 2.31 bits per heavy atom. The molecule has 1 rings (SSSR count). The molecule has 1 aliphatic heterocycles. The van der Waals surface area contributed by atoms with Crippen molar-refractivity contribution in [1.82, 2.24) is 5.32 Å². The van der Waals surface area contributed by atoms with Gasteiger partial charge in [-0.1, -0.05) is 0 Å². The van der Waals surface area contributed by atoms with Crippen LogP contribution in [-0.2, 0) is 9.53 Å². The minimum Gasteiger partial charge on any atom is -0.480 e. The normalized spacial score (nSPS) is 29.2. The predicted molar refractivity (Wildman–Crippen MR) is 48.7 cm³/mol. The third kappa shape index (κ3) is 2.42. The Kier molecular flexibility index (Phi) is 3.27. The molecule has 1 aliphatic rings. The smallest absolute Gasteiger partial charge is 0.326 e. The van der Waals surface area contributed by atoms with Gasteiger partial charge in [-0.3, -0.25) is 10.1 Å². The molecule has 13 heavy (non-hydrogen) atoms. The van der Waals surface area contributed by atoms with E-state index in [0.717, 1.165) is 6.42 Å². The number of hydrogen-bond donors (Lipinski definition) is 2. The molecule has 4 nitrogen and oxygen atoms in total. The maximum absolute atomic E-state index is 11.1. The fourth-order valence-corrected chi connectivity index (χ4v) is 1.69. The number of aliphatic carboxylic acids is 1. The zero-order chi connectivity index (χ0) is 9.90. The zero-order valence-electron chi connectivity index (χ0n) is 8.17. The van der Waals surface area contributed by atoms with Crippen LogP contribution in [-0.4, -0.2) is 35.9 Å². The first kappa shape index (κ1) is 10.5. The third-order valence-corrected chi connectivity index (χ3v) is 2.22. The molecule has 0 bridgehead atoms. The molecular weight excluding hydrogens is 170 g/mol. The number of hydrogen-bond acceptors (Lipinski definition) is 3. The molecule has 0 aromatic heterocycles. The van der Waals surface area contributed by atoms with Crippen LogP contribution in [0.25, 0.3) is 0 Å². The van der Waals surface area contributed by atoms with Crippen LogP contribution >= 0.6 is 0 Å². The van der Waals surface area contributed by atoms with Gasteiger partial charge < -0.3 is 9.84 Å². The van der Waals surface area contributed by atoms with Crippen molar-refractivity contribution in [3.05, 3.63) is 0 Å². The van der Waals surface area contributed by atoms with Gasteiger partial charge in [-0.2, -0.15) is 0 Å². The topological polar surface area (TPSA) is 58.6 Å². The first-order valence-corrected chi connectivity index (χ1v) is 4.66. The van der Waals surface area contributed by atoms with E-state index in [-0.39, 0.29) is 12.6 Å². The number of ether oxygens (including phenoxy) is 1. The average molecular weight is 187 g/mol. The molecule has 0 saturated carbocycles. The summed E-state index contributed by atoms with van der Waals surface area (Å²) in [5, 5.41) is 12.2. The van der Waals surface area contributed by atoms with Gasteiger partial charge in [0.25, 0.3) is 0 Å². The maximum atomic E-state index is 11.1. The van der Waals surface area contributed by atoms with Crippen LogP contribution in [0.4, 0.5) is 0 Å². The number of carbonyl (C=O) groups is 1. The highest BCUT2D eigenvalue weighted by Crippen LogP contribution is 2.20. The van der Waals surface area contributed by atoms with E-state index in [9.17, 15) is 4.79 Å². The summed E-state index contributed by atoms with van der Waals surface area (Å²) in [6.07, 6.45) is 1.46. The lowest BCUT2D eigenvalue weighted by Crippen LogP contribution is -2.59. The summed E-state index contributed by atoms with van der Waals surface area (Å²) in [6, 6.07) is 0.165. The van der Waals surface area contributed by atoms with Crippen molar-refractivity contribution in [2.75, 3.05) is 13.2 Å². The number of carboxylic acids is 1. The number of nitrogens with one attached hydrogen (secondary N) is 1. The van der Waals surface area contributed by atoms with Crippen LogP contribution in [0.2, 0.25) is 0 Å². The second-order valence-electron chi connectivity index (χ2n) is 3.84. The molecule has 1 fully saturated rings.